The van der Waals surface area contributed by atoms with E-state index in [1.54, 1.807) is 0 Å². The minimum Gasteiger partial charge on any atom is -0.282 e. The number of nitrogens with zero attached hydrogens (tertiary/aromatic N) is 4. The highest BCUT2D eigenvalue weighted by atomic mass is 15.4. The first-order valence-corrected chi connectivity index (χ1v) is 8.28. The minimum atomic E-state index is 0.441. The van der Waals surface area contributed by atoms with Crippen LogP contribution in [0.2, 0.25) is 0 Å². The van der Waals surface area contributed by atoms with E-state index in [1.165, 1.54) is 23.2 Å². The normalized spacial score (nSPS) is 14.8. The quantitative estimate of drug-likeness (QED) is 0.788. The van der Waals surface area contributed by atoms with E-state index in [1.807, 2.05) is 4.68 Å². The smallest absolute Gasteiger partial charge is 0.0872 e. The SMILES string of the molecule is CC(Cc1cn(Cc2n[nH]c3c2CCC3)nn1)c1ccccc1. The van der Waals surface area contributed by atoms with Crippen LogP contribution in [0.5, 0.6) is 0 Å². The molecule has 0 amide bonds. The van der Waals surface area contributed by atoms with E-state index < -0.39 is 0 Å². The monoisotopic (exact) mass is 307 g/mol. The first kappa shape index (κ1) is 14.2. The Morgan fingerprint density at radius 3 is 2.96 bits per heavy atom. The van der Waals surface area contributed by atoms with Crippen molar-refractivity contribution in [2.45, 2.75) is 45.1 Å². The highest BCUT2D eigenvalue weighted by Gasteiger charge is 2.19. The van der Waals surface area contributed by atoms with Gasteiger partial charge in [0.2, 0.25) is 0 Å². The van der Waals surface area contributed by atoms with Crippen molar-refractivity contribution in [1.29, 1.82) is 0 Å². The number of aromatic nitrogens is 5. The van der Waals surface area contributed by atoms with Gasteiger partial charge in [0.25, 0.3) is 0 Å². The maximum Gasteiger partial charge on any atom is 0.0872 e. The highest BCUT2D eigenvalue weighted by molar-refractivity contribution is 5.29. The van der Waals surface area contributed by atoms with Gasteiger partial charge in [-0.3, -0.25) is 5.10 Å². The van der Waals surface area contributed by atoms with Crippen molar-refractivity contribution in [3.63, 3.8) is 0 Å². The number of nitrogens with one attached hydrogen (secondary N) is 1. The largest absolute Gasteiger partial charge is 0.282 e. The molecule has 23 heavy (non-hydrogen) atoms. The first-order chi connectivity index (χ1) is 11.3. The molecule has 1 aliphatic rings. The molecule has 3 aromatic rings. The molecular formula is C18H21N5. The average molecular weight is 307 g/mol. The molecule has 5 heteroatoms. The van der Waals surface area contributed by atoms with Crippen LogP contribution in [0.1, 0.15) is 47.5 Å². The van der Waals surface area contributed by atoms with Gasteiger partial charge in [-0.25, -0.2) is 4.68 Å². The maximum atomic E-state index is 4.44. The molecule has 4 rings (SSSR count). The number of aryl methyl sites for hydroxylation is 1. The van der Waals surface area contributed by atoms with Gasteiger partial charge in [-0.05, 0) is 42.7 Å². The van der Waals surface area contributed by atoms with Crippen molar-refractivity contribution in [1.82, 2.24) is 25.2 Å². The molecule has 0 fully saturated rings. The van der Waals surface area contributed by atoms with Gasteiger partial charge in [0.05, 0.1) is 17.9 Å². The number of hydrogen-bond donors (Lipinski definition) is 1. The molecule has 0 saturated heterocycles. The number of fused-ring (bicyclic) bond motifs is 1. The Labute approximate surface area is 135 Å². The summed E-state index contributed by atoms with van der Waals surface area (Å²) in [5.74, 6) is 0.441. The molecule has 2 aromatic heterocycles. The summed E-state index contributed by atoms with van der Waals surface area (Å²) in [5.41, 5.74) is 6.18. The summed E-state index contributed by atoms with van der Waals surface area (Å²) in [7, 11) is 0. The predicted octanol–water partition coefficient (Wildman–Crippen LogP) is 2.88. The van der Waals surface area contributed by atoms with Gasteiger partial charge in [-0.15, -0.1) is 5.10 Å². The molecule has 2 heterocycles. The topological polar surface area (TPSA) is 59.4 Å². The highest BCUT2D eigenvalue weighted by Crippen LogP contribution is 2.23. The Morgan fingerprint density at radius 2 is 2.09 bits per heavy atom. The second-order valence-corrected chi connectivity index (χ2v) is 6.40. The summed E-state index contributed by atoms with van der Waals surface area (Å²) in [6, 6.07) is 10.6. The number of aromatic amines is 1. The molecule has 0 saturated carbocycles. The van der Waals surface area contributed by atoms with Crippen LogP contribution in [0, 0.1) is 0 Å². The summed E-state index contributed by atoms with van der Waals surface area (Å²) >= 11 is 0. The second kappa shape index (κ2) is 5.99. The zero-order chi connectivity index (χ0) is 15.6. The zero-order valence-corrected chi connectivity index (χ0v) is 13.4. The third kappa shape index (κ3) is 2.91. The molecule has 118 valence electrons. The van der Waals surface area contributed by atoms with E-state index in [0.717, 1.165) is 30.7 Å². The first-order valence-electron chi connectivity index (χ1n) is 8.28. The van der Waals surface area contributed by atoms with E-state index in [0.29, 0.717) is 12.5 Å². The molecular weight excluding hydrogens is 286 g/mol. The average Bonchev–Trinajstić information content (AvgIpc) is 3.28. The Bertz CT molecular complexity index is 787. The Kier molecular flexibility index (Phi) is 3.69. The standard InChI is InChI=1S/C18H21N5/c1-13(14-6-3-2-4-7-14)10-15-11-23(22-19-15)12-18-16-8-5-9-17(16)20-21-18/h2-4,6-7,11,13H,5,8-10,12H2,1H3,(H,20,21). The zero-order valence-electron chi connectivity index (χ0n) is 13.4. The molecule has 5 nitrogen and oxygen atoms in total. The number of H-pyrrole nitrogens is 1. The Morgan fingerprint density at radius 1 is 1.22 bits per heavy atom. The maximum absolute atomic E-state index is 4.44. The van der Waals surface area contributed by atoms with Crippen LogP contribution in [0.4, 0.5) is 0 Å². The van der Waals surface area contributed by atoms with Crippen LogP contribution >= 0.6 is 0 Å². The number of rotatable bonds is 5. The lowest BCUT2D eigenvalue weighted by Crippen LogP contribution is -2.03. The van der Waals surface area contributed by atoms with Gasteiger partial charge in [-0.2, -0.15) is 5.10 Å². The van der Waals surface area contributed by atoms with Gasteiger partial charge < -0.3 is 0 Å². The third-order valence-electron chi connectivity index (χ3n) is 4.67. The van der Waals surface area contributed by atoms with Crippen molar-refractivity contribution in [3.05, 3.63) is 64.7 Å². The van der Waals surface area contributed by atoms with Crippen molar-refractivity contribution in [3.8, 4) is 0 Å². The van der Waals surface area contributed by atoms with Gasteiger partial charge in [0.15, 0.2) is 0 Å². The molecule has 1 aromatic carbocycles. The van der Waals surface area contributed by atoms with E-state index in [-0.39, 0.29) is 0 Å². The van der Waals surface area contributed by atoms with Crippen LogP contribution in [-0.4, -0.2) is 25.2 Å². The van der Waals surface area contributed by atoms with Crippen molar-refractivity contribution in [2.24, 2.45) is 0 Å². The fourth-order valence-electron chi connectivity index (χ4n) is 3.39. The Hall–Kier alpha value is -2.43. The lowest BCUT2D eigenvalue weighted by atomic mass is 9.97. The van der Waals surface area contributed by atoms with Crippen LogP contribution in [-0.2, 0) is 25.8 Å². The molecule has 0 bridgehead atoms. The molecule has 0 aliphatic heterocycles. The van der Waals surface area contributed by atoms with Crippen LogP contribution < -0.4 is 0 Å². The predicted molar refractivity (Wildman–Crippen MR) is 88.3 cm³/mol. The number of benzene rings is 1. The van der Waals surface area contributed by atoms with Gasteiger partial charge in [-0.1, -0.05) is 42.5 Å². The third-order valence-corrected chi connectivity index (χ3v) is 4.67. The molecule has 1 aliphatic carbocycles. The van der Waals surface area contributed by atoms with E-state index >= 15 is 0 Å². The van der Waals surface area contributed by atoms with Crippen molar-refractivity contribution < 1.29 is 0 Å². The summed E-state index contributed by atoms with van der Waals surface area (Å²) in [6.07, 6.45) is 6.44. The molecule has 1 N–H and O–H groups in total. The van der Waals surface area contributed by atoms with Gasteiger partial charge in [0.1, 0.15) is 0 Å². The Balaban J connectivity index is 1.44. The molecule has 0 radical (unpaired) electrons. The lowest BCUT2D eigenvalue weighted by molar-refractivity contribution is 0.631. The van der Waals surface area contributed by atoms with Crippen LogP contribution in [0.15, 0.2) is 36.5 Å². The molecule has 0 spiro atoms. The minimum absolute atomic E-state index is 0.441. The summed E-state index contributed by atoms with van der Waals surface area (Å²) in [4.78, 5) is 0. The van der Waals surface area contributed by atoms with E-state index in [9.17, 15) is 0 Å². The fourth-order valence-corrected chi connectivity index (χ4v) is 3.39. The summed E-state index contributed by atoms with van der Waals surface area (Å²) in [5, 5.41) is 16.2. The number of hydrogen-bond acceptors (Lipinski definition) is 3. The van der Waals surface area contributed by atoms with E-state index in [4.69, 9.17) is 0 Å². The van der Waals surface area contributed by atoms with Crippen LogP contribution in [0.25, 0.3) is 0 Å². The van der Waals surface area contributed by atoms with Crippen molar-refractivity contribution >= 4 is 0 Å². The molecule has 1 unspecified atom stereocenters. The van der Waals surface area contributed by atoms with Gasteiger partial charge in [0, 0.05) is 11.9 Å². The van der Waals surface area contributed by atoms with Gasteiger partial charge >= 0.3 is 0 Å². The molecule has 1 atom stereocenters. The van der Waals surface area contributed by atoms with Crippen LogP contribution in [0.3, 0.4) is 0 Å². The second-order valence-electron chi connectivity index (χ2n) is 6.40. The lowest BCUT2D eigenvalue weighted by Gasteiger charge is -2.09. The van der Waals surface area contributed by atoms with E-state index in [2.05, 4.69) is 64.0 Å². The summed E-state index contributed by atoms with van der Waals surface area (Å²) in [6.45, 7) is 2.94. The summed E-state index contributed by atoms with van der Waals surface area (Å²) < 4.78 is 1.90. The van der Waals surface area contributed by atoms with Crippen molar-refractivity contribution in [2.75, 3.05) is 0 Å². The fraction of sp³-hybridized carbons (Fsp3) is 0.389.